The van der Waals surface area contributed by atoms with Crippen LogP contribution in [0, 0.1) is 0 Å². The van der Waals surface area contributed by atoms with Crippen molar-refractivity contribution in [3.05, 3.63) is 42.3 Å². The third-order valence-electron chi connectivity index (χ3n) is 2.96. The molecule has 0 spiro atoms. The molecule has 2 N–H and O–H groups in total. The highest BCUT2D eigenvalue weighted by Gasteiger charge is 2.05. The summed E-state index contributed by atoms with van der Waals surface area (Å²) in [6.07, 6.45) is 5.39. The van der Waals surface area contributed by atoms with Crippen molar-refractivity contribution in [2.45, 2.75) is 0 Å². The van der Waals surface area contributed by atoms with Gasteiger partial charge in [-0.1, -0.05) is 11.3 Å². The Kier molecular flexibility index (Phi) is 2.79. The summed E-state index contributed by atoms with van der Waals surface area (Å²) in [7, 11) is 0. The summed E-state index contributed by atoms with van der Waals surface area (Å²) in [6.45, 7) is 0. The summed E-state index contributed by atoms with van der Waals surface area (Å²) in [5, 5.41) is 18.3. The van der Waals surface area contributed by atoms with Crippen LogP contribution in [-0.2, 0) is 0 Å². The zero-order valence-corrected chi connectivity index (χ0v) is 11.5. The number of pyridine rings is 2. The van der Waals surface area contributed by atoms with Crippen LogP contribution >= 0.6 is 11.3 Å². The summed E-state index contributed by atoms with van der Waals surface area (Å²) in [5.74, 6) is 0.713. The van der Waals surface area contributed by atoms with Gasteiger partial charge in [-0.15, -0.1) is 10.2 Å². The van der Waals surface area contributed by atoms with Crippen molar-refractivity contribution in [2.24, 2.45) is 0 Å². The third kappa shape index (κ3) is 2.32. The van der Waals surface area contributed by atoms with E-state index >= 15 is 0 Å². The Morgan fingerprint density at radius 1 is 1.10 bits per heavy atom. The van der Waals surface area contributed by atoms with E-state index in [4.69, 9.17) is 0 Å². The van der Waals surface area contributed by atoms with Crippen LogP contribution in [0.15, 0.2) is 42.3 Å². The largest absolute Gasteiger partial charge is 0.315 e. The lowest BCUT2D eigenvalue weighted by Gasteiger charge is -2.04. The molecule has 0 radical (unpaired) electrons. The van der Waals surface area contributed by atoms with Crippen molar-refractivity contribution >= 4 is 33.3 Å². The summed E-state index contributed by atoms with van der Waals surface area (Å²) in [4.78, 5) is 8.97. The van der Waals surface area contributed by atoms with Crippen LogP contribution in [-0.4, -0.2) is 30.4 Å². The Labute approximate surface area is 123 Å². The molecule has 0 fully saturated rings. The van der Waals surface area contributed by atoms with Crippen LogP contribution in [0.2, 0.25) is 0 Å². The molecule has 8 heteroatoms. The topological polar surface area (TPSA) is 92.3 Å². The fourth-order valence-corrected chi connectivity index (χ4v) is 2.43. The van der Waals surface area contributed by atoms with Gasteiger partial charge in [0.15, 0.2) is 0 Å². The third-order valence-corrected chi connectivity index (χ3v) is 3.57. The van der Waals surface area contributed by atoms with Crippen molar-refractivity contribution in [1.29, 1.82) is 0 Å². The number of anilines is 2. The maximum atomic E-state index is 4.56. The molecule has 4 rings (SSSR count). The standard InChI is InChI=1S/C13H9N7S/c1-2-12(19-13-20-17-7-21-13)18-11-3-8(4-14-10(1)11)9-5-15-16-6-9/h1-7H,(H,15,16)(H,18,19,20). The molecule has 0 aliphatic rings. The molecular formula is C13H9N7S. The predicted molar refractivity (Wildman–Crippen MR) is 80.3 cm³/mol. The number of nitrogens with one attached hydrogen (secondary N) is 2. The van der Waals surface area contributed by atoms with Gasteiger partial charge in [-0.2, -0.15) is 5.10 Å². The fourth-order valence-electron chi connectivity index (χ4n) is 1.98. The molecule has 0 atom stereocenters. The van der Waals surface area contributed by atoms with Gasteiger partial charge in [0.25, 0.3) is 0 Å². The average molecular weight is 295 g/mol. The number of fused-ring (bicyclic) bond motifs is 1. The van der Waals surface area contributed by atoms with Gasteiger partial charge in [0.05, 0.1) is 17.2 Å². The zero-order valence-electron chi connectivity index (χ0n) is 10.7. The van der Waals surface area contributed by atoms with Gasteiger partial charge in [-0.3, -0.25) is 10.1 Å². The highest BCUT2D eigenvalue weighted by Crippen LogP contribution is 2.23. The quantitative estimate of drug-likeness (QED) is 0.603. The maximum Gasteiger partial charge on any atom is 0.210 e. The monoisotopic (exact) mass is 295 g/mol. The minimum Gasteiger partial charge on any atom is -0.315 e. The van der Waals surface area contributed by atoms with E-state index in [0.29, 0.717) is 10.9 Å². The lowest BCUT2D eigenvalue weighted by Crippen LogP contribution is -1.94. The van der Waals surface area contributed by atoms with E-state index in [-0.39, 0.29) is 0 Å². The molecule has 7 nitrogen and oxygen atoms in total. The fraction of sp³-hybridized carbons (Fsp3) is 0. The van der Waals surface area contributed by atoms with E-state index in [2.05, 4.69) is 35.7 Å². The predicted octanol–water partition coefficient (Wildman–Crippen LogP) is 2.62. The van der Waals surface area contributed by atoms with Crippen LogP contribution in [0.5, 0.6) is 0 Å². The molecule has 4 heterocycles. The Balaban J connectivity index is 1.75. The molecule has 0 bridgehead atoms. The van der Waals surface area contributed by atoms with Crippen LogP contribution in [0.25, 0.3) is 22.2 Å². The lowest BCUT2D eigenvalue weighted by molar-refractivity contribution is 1.09. The van der Waals surface area contributed by atoms with Gasteiger partial charge in [0.1, 0.15) is 11.3 Å². The first-order valence-corrected chi connectivity index (χ1v) is 7.05. The maximum absolute atomic E-state index is 4.56. The molecule has 0 aliphatic heterocycles. The average Bonchev–Trinajstić information content (AvgIpc) is 3.20. The van der Waals surface area contributed by atoms with Crippen LogP contribution in [0.1, 0.15) is 0 Å². The number of H-pyrrole nitrogens is 1. The molecule has 102 valence electrons. The van der Waals surface area contributed by atoms with Crippen molar-refractivity contribution < 1.29 is 0 Å². The van der Waals surface area contributed by atoms with Gasteiger partial charge in [0, 0.05) is 23.5 Å². The lowest BCUT2D eigenvalue weighted by atomic mass is 10.1. The first-order chi connectivity index (χ1) is 10.4. The zero-order chi connectivity index (χ0) is 14.1. The molecule has 0 aromatic carbocycles. The number of aromatic amines is 1. The number of hydrogen-bond donors (Lipinski definition) is 2. The van der Waals surface area contributed by atoms with E-state index in [1.165, 1.54) is 11.3 Å². The Morgan fingerprint density at radius 3 is 2.90 bits per heavy atom. The summed E-state index contributed by atoms with van der Waals surface area (Å²) >= 11 is 1.42. The van der Waals surface area contributed by atoms with Gasteiger partial charge in [-0.05, 0) is 18.2 Å². The van der Waals surface area contributed by atoms with Gasteiger partial charge in [0.2, 0.25) is 5.13 Å². The van der Waals surface area contributed by atoms with Gasteiger partial charge >= 0.3 is 0 Å². The highest BCUT2D eigenvalue weighted by molar-refractivity contribution is 7.13. The molecule has 0 saturated heterocycles. The van der Waals surface area contributed by atoms with Gasteiger partial charge < -0.3 is 5.32 Å². The second-order valence-corrected chi connectivity index (χ2v) is 5.15. The second kappa shape index (κ2) is 4.91. The van der Waals surface area contributed by atoms with Crippen molar-refractivity contribution in [3.8, 4) is 11.1 Å². The Morgan fingerprint density at radius 2 is 2.10 bits per heavy atom. The van der Waals surface area contributed by atoms with E-state index in [9.17, 15) is 0 Å². The van der Waals surface area contributed by atoms with Crippen LogP contribution < -0.4 is 5.32 Å². The number of hydrogen-bond acceptors (Lipinski definition) is 7. The summed E-state index contributed by atoms with van der Waals surface area (Å²) in [6, 6.07) is 5.78. The smallest absolute Gasteiger partial charge is 0.210 e. The Hall–Kier alpha value is -2.87. The van der Waals surface area contributed by atoms with E-state index in [0.717, 1.165) is 22.2 Å². The molecule has 21 heavy (non-hydrogen) atoms. The number of rotatable bonds is 3. The molecule has 4 aromatic heterocycles. The van der Waals surface area contributed by atoms with Crippen molar-refractivity contribution in [1.82, 2.24) is 30.4 Å². The Bertz CT molecular complexity index is 871. The van der Waals surface area contributed by atoms with E-state index in [1.807, 2.05) is 30.6 Å². The molecular weight excluding hydrogens is 286 g/mol. The van der Waals surface area contributed by atoms with E-state index < -0.39 is 0 Å². The van der Waals surface area contributed by atoms with Crippen LogP contribution in [0.4, 0.5) is 10.9 Å². The molecule has 0 aliphatic carbocycles. The minimum absolute atomic E-state index is 0.709. The normalized spacial score (nSPS) is 10.9. The molecule has 0 saturated carbocycles. The molecule has 0 unspecified atom stereocenters. The van der Waals surface area contributed by atoms with Crippen molar-refractivity contribution in [2.75, 3.05) is 5.32 Å². The molecule has 0 amide bonds. The van der Waals surface area contributed by atoms with Crippen LogP contribution in [0.3, 0.4) is 0 Å². The highest BCUT2D eigenvalue weighted by atomic mass is 32.1. The number of nitrogens with zero attached hydrogens (tertiary/aromatic N) is 5. The van der Waals surface area contributed by atoms with Gasteiger partial charge in [-0.25, -0.2) is 4.98 Å². The summed E-state index contributed by atoms with van der Waals surface area (Å²) < 4.78 is 0. The number of aromatic nitrogens is 6. The SMILES string of the molecule is c1nnc(Nc2ccc3ncc(-c4cn[nH]c4)cc3n2)s1. The second-order valence-electron chi connectivity index (χ2n) is 4.31. The summed E-state index contributed by atoms with van der Waals surface area (Å²) in [5.41, 5.74) is 5.26. The minimum atomic E-state index is 0.709. The van der Waals surface area contributed by atoms with E-state index in [1.54, 1.807) is 11.7 Å². The molecule has 4 aromatic rings. The first kappa shape index (κ1) is 11.9. The van der Waals surface area contributed by atoms with Crippen molar-refractivity contribution in [3.63, 3.8) is 0 Å². The first-order valence-electron chi connectivity index (χ1n) is 6.18.